The fourth-order valence-electron chi connectivity index (χ4n) is 2.84. The van der Waals surface area contributed by atoms with Crippen LogP contribution in [-0.2, 0) is 0 Å². The third kappa shape index (κ3) is 2.54. The van der Waals surface area contributed by atoms with Gasteiger partial charge in [-0.3, -0.25) is 4.79 Å². The van der Waals surface area contributed by atoms with E-state index < -0.39 is 0 Å². The molecule has 3 rings (SSSR count). The van der Waals surface area contributed by atoms with E-state index in [-0.39, 0.29) is 23.5 Å². The molecule has 126 valence electrons. The summed E-state index contributed by atoms with van der Waals surface area (Å²) in [4.78, 5) is 13.4. The minimum atomic E-state index is -0.202. The predicted molar refractivity (Wildman–Crippen MR) is 92.2 cm³/mol. The normalized spacial score (nSPS) is 11.4. The molecule has 6 nitrogen and oxygen atoms in total. The molecule has 6 heteroatoms. The molecule has 0 aliphatic rings. The Morgan fingerprint density at radius 2 is 2.00 bits per heavy atom. The number of amides is 1. The van der Waals surface area contributed by atoms with Gasteiger partial charge in [0.15, 0.2) is 17.3 Å². The molecular formula is C18H21N3O3. The zero-order valence-corrected chi connectivity index (χ0v) is 14.5. The first-order valence-corrected chi connectivity index (χ1v) is 7.82. The van der Waals surface area contributed by atoms with Crippen LogP contribution < -0.4 is 0 Å². The second-order valence-corrected chi connectivity index (χ2v) is 6.49. The summed E-state index contributed by atoms with van der Waals surface area (Å²) in [6.45, 7) is 5.98. The molecule has 0 atom stereocenters. The highest BCUT2D eigenvalue weighted by atomic mass is 16.5. The van der Waals surface area contributed by atoms with E-state index in [0.29, 0.717) is 5.76 Å². The van der Waals surface area contributed by atoms with E-state index in [1.807, 2.05) is 43.7 Å². The van der Waals surface area contributed by atoms with Gasteiger partial charge in [-0.15, -0.1) is 0 Å². The topological polar surface area (TPSA) is 71.5 Å². The molecule has 0 radical (unpaired) electrons. The largest absolute Gasteiger partial charge is 0.494 e. The van der Waals surface area contributed by atoms with E-state index in [1.165, 1.54) is 4.90 Å². The fraction of sp³-hybridized carbons (Fsp3) is 0.333. The fourth-order valence-corrected chi connectivity index (χ4v) is 2.84. The van der Waals surface area contributed by atoms with Crippen molar-refractivity contribution < 1.29 is 14.4 Å². The Morgan fingerprint density at radius 1 is 1.29 bits per heavy atom. The molecule has 0 unspecified atom stereocenters. The number of benzene rings is 1. The number of carbonyl (C=O) groups excluding carboxylic acids is 1. The van der Waals surface area contributed by atoms with Crippen LogP contribution in [0.5, 0.6) is 5.88 Å². The van der Waals surface area contributed by atoms with Gasteiger partial charge >= 0.3 is 0 Å². The van der Waals surface area contributed by atoms with Gasteiger partial charge in [0, 0.05) is 48.7 Å². The average molecular weight is 327 g/mol. The third-order valence-electron chi connectivity index (χ3n) is 4.09. The molecule has 24 heavy (non-hydrogen) atoms. The van der Waals surface area contributed by atoms with Crippen LogP contribution >= 0.6 is 0 Å². The minimum Gasteiger partial charge on any atom is -0.494 e. The van der Waals surface area contributed by atoms with E-state index >= 15 is 0 Å². The molecule has 1 aromatic carbocycles. The molecular weight excluding hydrogens is 306 g/mol. The number of hydrogen-bond donors (Lipinski definition) is 1. The summed E-state index contributed by atoms with van der Waals surface area (Å²) in [6.07, 6.45) is 1.92. The molecule has 2 aromatic heterocycles. The second kappa shape index (κ2) is 5.70. The van der Waals surface area contributed by atoms with Gasteiger partial charge in [0.1, 0.15) is 0 Å². The second-order valence-electron chi connectivity index (χ2n) is 6.49. The van der Waals surface area contributed by atoms with Gasteiger partial charge in [-0.05, 0) is 38.5 Å². The number of nitrogens with zero attached hydrogens (tertiary/aromatic N) is 3. The van der Waals surface area contributed by atoms with Crippen molar-refractivity contribution >= 4 is 16.7 Å². The molecule has 1 N–H and O–H groups in total. The average Bonchev–Trinajstić information content (AvgIpc) is 3.11. The summed E-state index contributed by atoms with van der Waals surface area (Å²) >= 11 is 0. The summed E-state index contributed by atoms with van der Waals surface area (Å²) in [5.41, 5.74) is 2.04. The van der Waals surface area contributed by atoms with Crippen LogP contribution in [0.3, 0.4) is 0 Å². The quantitative estimate of drug-likeness (QED) is 0.798. The van der Waals surface area contributed by atoms with Gasteiger partial charge in [0.25, 0.3) is 5.91 Å². The van der Waals surface area contributed by atoms with Crippen molar-refractivity contribution in [2.45, 2.75) is 26.8 Å². The number of aromatic nitrogens is 2. The summed E-state index contributed by atoms with van der Waals surface area (Å²) in [7, 11) is 3.34. The third-order valence-corrected chi connectivity index (χ3v) is 4.09. The number of aromatic hydroxyl groups is 1. The molecule has 0 aliphatic heterocycles. The molecule has 1 amide bonds. The smallest absolute Gasteiger partial charge is 0.275 e. The van der Waals surface area contributed by atoms with Gasteiger partial charge in [-0.2, -0.15) is 0 Å². The van der Waals surface area contributed by atoms with Crippen molar-refractivity contribution in [1.82, 2.24) is 14.6 Å². The van der Waals surface area contributed by atoms with Crippen molar-refractivity contribution in [3.05, 3.63) is 35.7 Å². The van der Waals surface area contributed by atoms with Gasteiger partial charge < -0.3 is 19.1 Å². The van der Waals surface area contributed by atoms with Crippen molar-refractivity contribution in [1.29, 1.82) is 0 Å². The van der Waals surface area contributed by atoms with Gasteiger partial charge in [0.2, 0.25) is 0 Å². The summed E-state index contributed by atoms with van der Waals surface area (Å²) in [6, 6.07) is 5.67. The van der Waals surface area contributed by atoms with Gasteiger partial charge in [-0.25, -0.2) is 0 Å². The van der Waals surface area contributed by atoms with Crippen LogP contribution in [0.2, 0.25) is 0 Å². The van der Waals surface area contributed by atoms with E-state index in [9.17, 15) is 9.90 Å². The first-order chi connectivity index (χ1) is 11.3. The Bertz CT molecular complexity index is 919. The molecule has 2 heterocycles. The Morgan fingerprint density at radius 3 is 2.62 bits per heavy atom. The lowest BCUT2D eigenvalue weighted by Crippen LogP contribution is -2.21. The lowest BCUT2D eigenvalue weighted by molar-refractivity contribution is 0.0817. The van der Waals surface area contributed by atoms with Crippen LogP contribution in [0.4, 0.5) is 0 Å². The van der Waals surface area contributed by atoms with Crippen LogP contribution in [-0.4, -0.2) is 39.7 Å². The highest BCUT2D eigenvalue weighted by Crippen LogP contribution is 2.36. The van der Waals surface area contributed by atoms with Crippen molar-refractivity contribution in [2.24, 2.45) is 0 Å². The molecule has 0 saturated heterocycles. The van der Waals surface area contributed by atoms with E-state index in [2.05, 4.69) is 5.16 Å². The molecule has 0 saturated carbocycles. The monoisotopic (exact) mass is 327 g/mol. The minimum absolute atomic E-state index is 0.162. The van der Waals surface area contributed by atoms with Crippen LogP contribution in [0, 0.1) is 6.92 Å². The molecule has 3 aromatic rings. The summed E-state index contributed by atoms with van der Waals surface area (Å²) < 4.78 is 7.18. The summed E-state index contributed by atoms with van der Waals surface area (Å²) in [5.74, 6) is 0.596. The molecule has 0 aliphatic carbocycles. The maximum Gasteiger partial charge on any atom is 0.275 e. The maximum absolute atomic E-state index is 12.0. The lowest BCUT2D eigenvalue weighted by Gasteiger charge is -2.08. The molecule has 0 bridgehead atoms. The van der Waals surface area contributed by atoms with E-state index in [4.69, 9.17) is 4.52 Å². The highest BCUT2D eigenvalue weighted by molar-refractivity contribution is 5.95. The zero-order chi connectivity index (χ0) is 17.6. The standard InChI is InChI=1S/C18H21N3O3/c1-10(2)21-9-13-7-12(6-11(3)16(13)18(21)23)15-8-14(19-24-15)17(22)20(4)5/h6-10,23H,1-5H3. The van der Waals surface area contributed by atoms with Crippen LogP contribution in [0.15, 0.2) is 28.9 Å². The van der Waals surface area contributed by atoms with Crippen LogP contribution in [0.25, 0.3) is 22.1 Å². The highest BCUT2D eigenvalue weighted by Gasteiger charge is 2.18. The van der Waals surface area contributed by atoms with Crippen LogP contribution in [0.1, 0.15) is 35.9 Å². The Hall–Kier alpha value is -2.76. The Balaban J connectivity index is 2.10. The van der Waals surface area contributed by atoms with Crippen molar-refractivity contribution in [3.8, 4) is 17.2 Å². The first kappa shape index (κ1) is 16.1. The number of aryl methyl sites for hydroxylation is 1. The van der Waals surface area contributed by atoms with Crippen molar-refractivity contribution in [2.75, 3.05) is 14.1 Å². The predicted octanol–water partition coefficient (Wildman–Crippen LogP) is 3.59. The molecule has 0 spiro atoms. The van der Waals surface area contributed by atoms with E-state index in [0.717, 1.165) is 21.9 Å². The number of hydrogen-bond acceptors (Lipinski definition) is 4. The first-order valence-electron chi connectivity index (χ1n) is 7.82. The lowest BCUT2D eigenvalue weighted by atomic mass is 10.0. The maximum atomic E-state index is 12.0. The molecule has 0 fully saturated rings. The SMILES string of the molecule is Cc1cc(-c2cc(C(=O)N(C)C)no2)cc2cn(C(C)C)c(O)c12. The van der Waals surface area contributed by atoms with E-state index in [1.54, 1.807) is 20.2 Å². The van der Waals surface area contributed by atoms with Gasteiger partial charge in [0.05, 0.1) is 0 Å². The Kier molecular flexibility index (Phi) is 3.83. The zero-order valence-electron chi connectivity index (χ0n) is 14.5. The summed E-state index contributed by atoms with van der Waals surface area (Å²) in [5, 5.41) is 16.0. The number of fused-ring (bicyclic) bond motifs is 1. The Labute approximate surface area is 140 Å². The van der Waals surface area contributed by atoms with Crippen molar-refractivity contribution in [3.63, 3.8) is 0 Å². The van der Waals surface area contributed by atoms with Gasteiger partial charge in [-0.1, -0.05) is 5.16 Å². The number of carbonyl (C=O) groups is 1. The number of rotatable bonds is 3.